The summed E-state index contributed by atoms with van der Waals surface area (Å²) in [6.07, 6.45) is 3.34. The molecule has 1 aromatic heterocycles. The third kappa shape index (κ3) is 4.02. The molecule has 1 heterocycles. The summed E-state index contributed by atoms with van der Waals surface area (Å²) in [5, 5.41) is 0.667. The molecular formula is C11H14ClNO2S. The first-order valence-corrected chi connectivity index (χ1v) is 6.42. The third-order valence-electron chi connectivity index (χ3n) is 2.09. The van der Waals surface area contributed by atoms with Crippen LogP contribution < -0.4 is 0 Å². The Hall–Kier alpha value is -0.740. The molecule has 88 valence electrons. The van der Waals surface area contributed by atoms with Crippen LogP contribution in [0.5, 0.6) is 0 Å². The van der Waals surface area contributed by atoms with Crippen LogP contribution in [0.2, 0.25) is 5.02 Å². The van der Waals surface area contributed by atoms with Gasteiger partial charge in [-0.1, -0.05) is 18.5 Å². The predicted molar refractivity (Wildman–Crippen MR) is 66.6 cm³/mol. The molecule has 0 amide bonds. The number of aromatic nitrogens is 1. The molecule has 0 radical (unpaired) electrons. The van der Waals surface area contributed by atoms with Gasteiger partial charge in [-0.15, -0.1) is 0 Å². The SMILES string of the molecule is COC(=O)C(C)CSCc1ccncc1Cl. The number of halogens is 1. The van der Waals surface area contributed by atoms with Crippen LogP contribution in [0.25, 0.3) is 0 Å². The minimum absolute atomic E-state index is 0.0874. The molecule has 3 nitrogen and oxygen atoms in total. The molecule has 0 aromatic carbocycles. The van der Waals surface area contributed by atoms with Gasteiger partial charge in [0, 0.05) is 23.9 Å². The zero-order valence-corrected chi connectivity index (χ0v) is 10.8. The summed E-state index contributed by atoms with van der Waals surface area (Å²) in [6.45, 7) is 1.85. The highest BCUT2D eigenvalue weighted by atomic mass is 35.5. The number of esters is 1. The normalized spacial score (nSPS) is 12.2. The summed E-state index contributed by atoms with van der Waals surface area (Å²) in [6, 6.07) is 1.89. The van der Waals surface area contributed by atoms with E-state index >= 15 is 0 Å². The Bertz CT molecular complexity index is 360. The van der Waals surface area contributed by atoms with Crippen LogP contribution in [0.3, 0.4) is 0 Å². The number of pyridine rings is 1. The van der Waals surface area contributed by atoms with Crippen molar-refractivity contribution in [3.8, 4) is 0 Å². The lowest BCUT2D eigenvalue weighted by Gasteiger charge is -2.08. The second-order valence-corrected chi connectivity index (χ2v) is 4.84. The van der Waals surface area contributed by atoms with Crippen LogP contribution in [0.15, 0.2) is 18.5 Å². The van der Waals surface area contributed by atoms with Crippen molar-refractivity contribution in [2.24, 2.45) is 5.92 Å². The van der Waals surface area contributed by atoms with Gasteiger partial charge in [0.2, 0.25) is 0 Å². The quantitative estimate of drug-likeness (QED) is 0.763. The minimum atomic E-state index is -0.173. The van der Waals surface area contributed by atoms with Crippen LogP contribution >= 0.6 is 23.4 Å². The van der Waals surface area contributed by atoms with Gasteiger partial charge in [0.05, 0.1) is 18.1 Å². The fourth-order valence-corrected chi connectivity index (χ4v) is 2.48. The lowest BCUT2D eigenvalue weighted by atomic mass is 10.2. The van der Waals surface area contributed by atoms with E-state index in [1.807, 2.05) is 13.0 Å². The standard InChI is InChI=1S/C11H14ClNO2S/c1-8(11(14)15-2)6-16-7-9-3-4-13-5-10(9)12/h3-5,8H,6-7H2,1-2H3. The highest BCUT2D eigenvalue weighted by Crippen LogP contribution is 2.21. The molecule has 0 bridgehead atoms. The highest BCUT2D eigenvalue weighted by Gasteiger charge is 2.12. The van der Waals surface area contributed by atoms with Crippen molar-refractivity contribution in [3.63, 3.8) is 0 Å². The van der Waals surface area contributed by atoms with E-state index in [0.29, 0.717) is 5.02 Å². The van der Waals surface area contributed by atoms with Crippen molar-refractivity contribution in [1.29, 1.82) is 0 Å². The number of thioether (sulfide) groups is 1. The van der Waals surface area contributed by atoms with Crippen molar-refractivity contribution in [1.82, 2.24) is 4.98 Å². The fourth-order valence-electron chi connectivity index (χ4n) is 1.14. The third-order valence-corrected chi connectivity index (χ3v) is 3.68. The molecule has 0 spiro atoms. The van der Waals surface area contributed by atoms with Gasteiger partial charge in [-0.3, -0.25) is 9.78 Å². The van der Waals surface area contributed by atoms with Crippen LogP contribution in [0.1, 0.15) is 12.5 Å². The first kappa shape index (κ1) is 13.3. The molecule has 0 fully saturated rings. The van der Waals surface area contributed by atoms with E-state index in [9.17, 15) is 4.79 Å². The maximum Gasteiger partial charge on any atom is 0.309 e. The van der Waals surface area contributed by atoms with E-state index in [1.54, 1.807) is 24.2 Å². The topological polar surface area (TPSA) is 39.2 Å². The van der Waals surface area contributed by atoms with Gasteiger partial charge in [0.25, 0.3) is 0 Å². The van der Waals surface area contributed by atoms with E-state index in [4.69, 9.17) is 11.6 Å². The monoisotopic (exact) mass is 259 g/mol. The Morgan fingerprint density at radius 1 is 1.69 bits per heavy atom. The number of methoxy groups -OCH3 is 1. The molecule has 5 heteroatoms. The predicted octanol–water partition coefficient (Wildman–Crippen LogP) is 2.78. The molecule has 1 atom stereocenters. The molecule has 1 aromatic rings. The number of hydrogen-bond acceptors (Lipinski definition) is 4. The Morgan fingerprint density at radius 3 is 3.06 bits per heavy atom. The summed E-state index contributed by atoms with van der Waals surface area (Å²) in [7, 11) is 1.41. The molecule has 0 aliphatic rings. The minimum Gasteiger partial charge on any atom is -0.469 e. The summed E-state index contributed by atoms with van der Waals surface area (Å²) in [4.78, 5) is 15.1. The maximum absolute atomic E-state index is 11.1. The second kappa shape index (κ2) is 6.76. The van der Waals surface area contributed by atoms with E-state index in [0.717, 1.165) is 17.1 Å². The zero-order chi connectivity index (χ0) is 12.0. The van der Waals surface area contributed by atoms with Crippen molar-refractivity contribution >= 4 is 29.3 Å². The Balaban J connectivity index is 2.36. The summed E-state index contributed by atoms with van der Waals surface area (Å²) >= 11 is 7.62. The van der Waals surface area contributed by atoms with Gasteiger partial charge >= 0.3 is 5.97 Å². The molecule has 0 N–H and O–H groups in total. The molecule has 1 unspecified atom stereocenters. The summed E-state index contributed by atoms with van der Waals surface area (Å²) < 4.78 is 4.65. The largest absolute Gasteiger partial charge is 0.469 e. The van der Waals surface area contributed by atoms with E-state index < -0.39 is 0 Å². The van der Waals surface area contributed by atoms with Crippen LogP contribution in [0, 0.1) is 5.92 Å². The first-order chi connectivity index (χ1) is 7.65. The number of ether oxygens (including phenoxy) is 1. The summed E-state index contributed by atoms with van der Waals surface area (Å²) in [5.74, 6) is 1.25. The van der Waals surface area contributed by atoms with Crippen molar-refractivity contribution in [2.45, 2.75) is 12.7 Å². The number of carbonyl (C=O) groups excluding carboxylic acids is 1. The smallest absolute Gasteiger partial charge is 0.309 e. The van der Waals surface area contributed by atoms with Gasteiger partial charge in [0.1, 0.15) is 0 Å². The fraction of sp³-hybridized carbons (Fsp3) is 0.455. The van der Waals surface area contributed by atoms with Crippen molar-refractivity contribution in [3.05, 3.63) is 29.0 Å². The van der Waals surface area contributed by atoms with Crippen molar-refractivity contribution < 1.29 is 9.53 Å². The van der Waals surface area contributed by atoms with Gasteiger partial charge < -0.3 is 4.74 Å². The zero-order valence-electron chi connectivity index (χ0n) is 9.27. The number of rotatable bonds is 5. The molecule has 1 rings (SSSR count). The Labute approximate surface area is 105 Å². The Kier molecular flexibility index (Phi) is 5.63. The molecule has 0 aliphatic heterocycles. The molecule has 0 aliphatic carbocycles. The lowest BCUT2D eigenvalue weighted by Crippen LogP contribution is -2.14. The van der Waals surface area contributed by atoms with Crippen LogP contribution in [-0.2, 0) is 15.3 Å². The molecule has 16 heavy (non-hydrogen) atoms. The van der Waals surface area contributed by atoms with E-state index in [2.05, 4.69) is 9.72 Å². The number of carbonyl (C=O) groups is 1. The van der Waals surface area contributed by atoms with E-state index in [-0.39, 0.29) is 11.9 Å². The highest BCUT2D eigenvalue weighted by molar-refractivity contribution is 7.98. The number of nitrogens with zero attached hydrogens (tertiary/aromatic N) is 1. The molecular weight excluding hydrogens is 246 g/mol. The van der Waals surface area contributed by atoms with Gasteiger partial charge in [-0.25, -0.2) is 0 Å². The van der Waals surface area contributed by atoms with Crippen LogP contribution in [0.4, 0.5) is 0 Å². The van der Waals surface area contributed by atoms with Gasteiger partial charge in [-0.05, 0) is 11.6 Å². The van der Waals surface area contributed by atoms with Crippen LogP contribution in [-0.4, -0.2) is 23.8 Å². The average Bonchev–Trinajstić information content (AvgIpc) is 2.30. The first-order valence-electron chi connectivity index (χ1n) is 4.89. The maximum atomic E-state index is 11.1. The average molecular weight is 260 g/mol. The number of hydrogen-bond donors (Lipinski definition) is 0. The molecule has 0 saturated carbocycles. The lowest BCUT2D eigenvalue weighted by molar-refractivity contribution is -0.143. The Morgan fingerprint density at radius 2 is 2.44 bits per heavy atom. The molecule has 0 saturated heterocycles. The van der Waals surface area contributed by atoms with Gasteiger partial charge in [-0.2, -0.15) is 11.8 Å². The second-order valence-electron chi connectivity index (χ2n) is 3.41. The summed E-state index contributed by atoms with van der Waals surface area (Å²) in [5.41, 5.74) is 1.04. The van der Waals surface area contributed by atoms with Gasteiger partial charge in [0.15, 0.2) is 0 Å². The van der Waals surface area contributed by atoms with Crippen molar-refractivity contribution in [2.75, 3.05) is 12.9 Å². The van der Waals surface area contributed by atoms with E-state index in [1.165, 1.54) is 7.11 Å².